The number of amides is 1. The van der Waals surface area contributed by atoms with Gasteiger partial charge >= 0.3 is 0 Å². The van der Waals surface area contributed by atoms with E-state index in [0.29, 0.717) is 11.7 Å². The van der Waals surface area contributed by atoms with Gasteiger partial charge in [-0.3, -0.25) is 9.69 Å². The van der Waals surface area contributed by atoms with E-state index >= 15 is 0 Å². The van der Waals surface area contributed by atoms with E-state index in [1.807, 2.05) is 45.0 Å². The van der Waals surface area contributed by atoms with Gasteiger partial charge in [-0.1, -0.05) is 23.5 Å². The molecule has 0 N–H and O–H groups in total. The Morgan fingerprint density at radius 1 is 1.11 bits per heavy atom. The van der Waals surface area contributed by atoms with Crippen LogP contribution in [0.1, 0.15) is 21.5 Å². The summed E-state index contributed by atoms with van der Waals surface area (Å²) in [6.07, 6.45) is 0. The Kier molecular flexibility index (Phi) is 5.53. The molecule has 0 atom stereocenters. The zero-order valence-electron chi connectivity index (χ0n) is 15.7. The lowest BCUT2D eigenvalue weighted by molar-refractivity contribution is 0.0977. The topological polar surface area (TPSA) is 36.4 Å². The van der Waals surface area contributed by atoms with E-state index < -0.39 is 23.1 Å². The molecular weight excluding hydrogens is 368 g/mol. The molecule has 0 aliphatic rings. The number of fused-ring (bicyclic) bond motifs is 1. The van der Waals surface area contributed by atoms with Crippen LogP contribution in [-0.4, -0.2) is 43.0 Å². The summed E-state index contributed by atoms with van der Waals surface area (Å²) >= 11 is 1.36. The number of aryl methyl sites for hydroxylation is 2. The average Bonchev–Trinajstić information content (AvgIpc) is 2.98. The molecule has 1 amide bonds. The number of carbonyl (C=O) groups excluding carboxylic acids is 1. The summed E-state index contributed by atoms with van der Waals surface area (Å²) in [5.74, 6) is -2.47. The van der Waals surface area contributed by atoms with Crippen LogP contribution >= 0.6 is 11.3 Å². The number of thiazole rings is 1. The smallest absolute Gasteiger partial charge is 0.266 e. The van der Waals surface area contributed by atoms with Crippen molar-refractivity contribution < 1.29 is 13.6 Å². The van der Waals surface area contributed by atoms with Crippen molar-refractivity contribution >= 4 is 32.6 Å². The van der Waals surface area contributed by atoms with Crippen LogP contribution in [0.25, 0.3) is 10.2 Å². The Bertz CT molecular complexity index is 980. The zero-order valence-corrected chi connectivity index (χ0v) is 16.5. The molecule has 4 nitrogen and oxygen atoms in total. The maximum absolute atomic E-state index is 14.2. The van der Waals surface area contributed by atoms with Gasteiger partial charge in [-0.15, -0.1) is 0 Å². The van der Waals surface area contributed by atoms with E-state index in [2.05, 4.69) is 4.98 Å². The first kappa shape index (κ1) is 19.4. The van der Waals surface area contributed by atoms with Crippen LogP contribution < -0.4 is 4.90 Å². The molecule has 7 heteroatoms. The SMILES string of the molecule is Cc1cc(C)c2sc(N(CCN(C)C)C(=O)c3c(F)cccc3F)nc2c1. The van der Waals surface area contributed by atoms with Crippen LogP contribution in [0.4, 0.5) is 13.9 Å². The fraction of sp³-hybridized carbons (Fsp3) is 0.300. The molecule has 0 aliphatic heterocycles. The van der Waals surface area contributed by atoms with Gasteiger partial charge in [0.05, 0.1) is 10.2 Å². The Balaban J connectivity index is 2.08. The molecule has 0 spiro atoms. The summed E-state index contributed by atoms with van der Waals surface area (Å²) in [7, 11) is 3.75. The van der Waals surface area contributed by atoms with E-state index in [4.69, 9.17) is 0 Å². The predicted molar refractivity (Wildman–Crippen MR) is 106 cm³/mol. The highest BCUT2D eigenvalue weighted by atomic mass is 32.1. The van der Waals surface area contributed by atoms with E-state index in [0.717, 1.165) is 33.5 Å². The van der Waals surface area contributed by atoms with Crippen LogP contribution in [0.15, 0.2) is 30.3 Å². The fourth-order valence-corrected chi connectivity index (χ4v) is 3.94. The largest absolute Gasteiger partial charge is 0.308 e. The first-order chi connectivity index (χ1) is 12.8. The Labute approximate surface area is 161 Å². The minimum absolute atomic E-state index is 0.275. The number of aromatic nitrogens is 1. The van der Waals surface area contributed by atoms with Gasteiger partial charge in [-0.2, -0.15) is 0 Å². The van der Waals surface area contributed by atoms with E-state index in [-0.39, 0.29) is 6.54 Å². The van der Waals surface area contributed by atoms with Gasteiger partial charge in [-0.05, 0) is 57.3 Å². The van der Waals surface area contributed by atoms with Crippen molar-refractivity contribution in [2.75, 3.05) is 32.1 Å². The van der Waals surface area contributed by atoms with E-state index in [1.54, 1.807) is 0 Å². The number of hydrogen-bond acceptors (Lipinski definition) is 4. The highest BCUT2D eigenvalue weighted by Crippen LogP contribution is 2.33. The average molecular weight is 389 g/mol. The number of benzene rings is 2. The van der Waals surface area contributed by atoms with Crippen molar-refractivity contribution in [2.24, 2.45) is 0 Å². The van der Waals surface area contributed by atoms with Gasteiger partial charge in [0.1, 0.15) is 17.2 Å². The molecule has 0 fully saturated rings. The van der Waals surface area contributed by atoms with Gasteiger partial charge in [0.25, 0.3) is 5.91 Å². The molecule has 0 bridgehead atoms. The molecule has 142 valence electrons. The van der Waals surface area contributed by atoms with Crippen molar-refractivity contribution in [3.63, 3.8) is 0 Å². The normalized spacial score (nSPS) is 11.4. The van der Waals surface area contributed by atoms with Gasteiger partial charge < -0.3 is 4.90 Å². The summed E-state index contributed by atoms with van der Waals surface area (Å²) in [6.45, 7) is 4.78. The van der Waals surface area contributed by atoms with E-state index in [9.17, 15) is 13.6 Å². The van der Waals surface area contributed by atoms with Crippen LogP contribution in [0.3, 0.4) is 0 Å². The standard InChI is InChI=1S/C20H21F2N3OS/c1-12-10-13(2)18-16(11-12)23-20(27-18)25(9-8-24(3)4)19(26)17-14(21)6-5-7-15(17)22/h5-7,10-11H,8-9H2,1-4H3. The van der Waals surface area contributed by atoms with Gasteiger partial charge in [0.2, 0.25) is 0 Å². The third-order valence-corrected chi connectivity index (χ3v) is 5.46. The van der Waals surface area contributed by atoms with E-state index in [1.165, 1.54) is 22.3 Å². The molecule has 2 aromatic carbocycles. The first-order valence-electron chi connectivity index (χ1n) is 8.56. The highest BCUT2D eigenvalue weighted by Gasteiger charge is 2.26. The molecule has 1 aromatic heterocycles. The number of carbonyl (C=O) groups is 1. The Morgan fingerprint density at radius 3 is 2.41 bits per heavy atom. The van der Waals surface area contributed by atoms with Crippen LogP contribution in [-0.2, 0) is 0 Å². The molecule has 0 saturated heterocycles. The summed E-state index contributed by atoms with van der Waals surface area (Å²) < 4.78 is 29.3. The monoisotopic (exact) mass is 389 g/mol. The second-order valence-electron chi connectivity index (χ2n) is 6.78. The van der Waals surface area contributed by atoms with Gasteiger partial charge in [-0.25, -0.2) is 13.8 Å². The van der Waals surface area contributed by atoms with Crippen molar-refractivity contribution in [1.29, 1.82) is 0 Å². The highest BCUT2D eigenvalue weighted by molar-refractivity contribution is 7.22. The lowest BCUT2D eigenvalue weighted by Crippen LogP contribution is -2.37. The second-order valence-corrected chi connectivity index (χ2v) is 7.76. The zero-order chi connectivity index (χ0) is 19.7. The predicted octanol–water partition coefficient (Wildman–Crippen LogP) is 4.40. The number of halogens is 2. The van der Waals surface area contributed by atoms with Gasteiger partial charge in [0.15, 0.2) is 5.13 Å². The summed E-state index contributed by atoms with van der Waals surface area (Å²) in [5, 5.41) is 0.438. The maximum atomic E-state index is 14.2. The molecule has 0 aliphatic carbocycles. The molecule has 0 saturated carbocycles. The number of hydrogen-bond donors (Lipinski definition) is 0. The Hall–Kier alpha value is -2.38. The van der Waals surface area contributed by atoms with Crippen molar-refractivity contribution in [1.82, 2.24) is 9.88 Å². The molecule has 1 heterocycles. The molecule has 3 aromatic rings. The lowest BCUT2D eigenvalue weighted by atomic mass is 10.1. The lowest BCUT2D eigenvalue weighted by Gasteiger charge is -2.22. The number of nitrogens with zero attached hydrogens (tertiary/aromatic N) is 3. The van der Waals surface area contributed by atoms with Crippen molar-refractivity contribution in [3.05, 3.63) is 58.7 Å². The maximum Gasteiger partial charge on any atom is 0.266 e. The summed E-state index contributed by atoms with van der Waals surface area (Å²) in [4.78, 5) is 20.9. The molecule has 0 radical (unpaired) electrons. The molecule has 0 unspecified atom stereocenters. The first-order valence-corrected chi connectivity index (χ1v) is 9.38. The quantitative estimate of drug-likeness (QED) is 0.649. The minimum atomic E-state index is -0.872. The van der Waals surface area contributed by atoms with Crippen LogP contribution in [0.2, 0.25) is 0 Å². The number of likely N-dealkylation sites (N-methyl/N-ethyl adjacent to an activating group) is 1. The second kappa shape index (κ2) is 7.70. The van der Waals surface area contributed by atoms with Gasteiger partial charge in [0, 0.05) is 13.1 Å². The van der Waals surface area contributed by atoms with Crippen molar-refractivity contribution in [2.45, 2.75) is 13.8 Å². The molecular formula is C20H21F2N3OS. The van der Waals surface area contributed by atoms with Crippen molar-refractivity contribution in [3.8, 4) is 0 Å². The summed E-state index contributed by atoms with van der Waals surface area (Å²) in [6, 6.07) is 7.42. The number of rotatable bonds is 5. The fourth-order valence-electron chi connectivity index (χ4n) is 2.90. The third-order valence-electron chi connectivity index (χ3n) is 4.23. The van der Waals surface area contributed by atoms with Crippen LogP contribution in [0, 0.1) is 25.5 Å². The summed E-state index contributed by atoms with van der Waals surface area (Å²) in [5.41, 5.74) is 2.36. The van der Waals surface area contributed by atoms with Crippen LogP contribution in [0.5, 0.6) is 0 Å². The Morgan fingerprint density at radius 2 is 1.78 bits per heavy atom. The molecule has 3 rings (SSSR count). The molecule has 27 heavy (non-hydrogen) atoms. The third kappa shape index (κ3) is 3.99. The minimum Gasteiger partial charge on any atom is -0.308 e. The number of anilines is 1.